The number of anilines is 1. The third-order valence-corrected chi connectivity index (χ3v) is 5.37. The van der Waals surface area contributed by atoms with Crippen LogP contribution in [0.15, 0.2) is 48.5 Å². The van der Waals surface area contributed by atoms with E-state index in [9.17, 15) is 9.59 Å². The van der Waals surface area contributed by atoms with Gasteiger partial charge in [-0.25, -0.2) is 0 Å². The lowest BCUT2D eigenvalue weighted by Crippen LogP contribution is -2.41. The largest absolute Gasteiger partial charge is 0.347 e. The Hall–Kier alpha value is -2.66. The summed E-state index contributed by atoms with van der Waals surface area (Å²) in [5, 5.41) is 5.97. The van der Waals surface area contributed by atoms with Crippen LogP contribution in [0.2, 0.25) is 0 Å². The minimum absolute atomic E-state index is 0.00112. The molecule has 1 heterocycles. The van der Waals surface area contributed by atoms with E-state index in [1.165, 1.54) is 11.1 Å². The quantitative estimate of drug-likeness (QED) is 0.773. The number of aryl methyl sites for hydroxylation is 1. The van der Waals surface area contributed by atoms with Crippen molar-refractivity contribution in [2.75, 3.05) is 18.4 Å². The van der Waals surface area contributed by atoms with Crippen molar-refractivity contribution < 1.29 is 9.59 Å². The first-order valence-corrected chi connectivity index (χ1v) is 10.7. The first-order chi connectivity index (χ1) is 14.2. The molecule has 0 aliphatic carbocycles. The molecule has 0 unspecified atom stereocenters. The summed E-state index contributed by atoms with van der Waals surface area (Å²) in [5.41, 5.74) is 3.33. The van der Waals surface area contributed by atoms with Crippen LogP contribution in [0.3, 0.4) is 0 Å². The molecule has 3 rings (SSSR count). The van der Waals surface area contributed by atoms with Gasteiger partial charge in [0.2, 0.25) is 5.91 Å². The lowest BCUT2D eigenvalue weighted by Gasteiger charge is -2.31. The van der Waals surface area contributed by atoms with E-state index in [4.69, 9.17) is 0 Å². The van der Waals surface area contributed by atoms with Crippen molar-refractivity contribution in [2.45, 2.75) is 52.6 Å². The molecule has 5 nitrogen and oxygen atoms in total. The SMILES string of the molecule is Cc1cccc(CN2CCC(C(=O)Nc3ccccc3C(=O)NC(C)(C)C)CC2)c1. The van der Waals surface area contributed by atoms with Crippen LogP contribution in [0, 0.1) is 12.8 Å². The molecule has 5 heteroatoms. The topological polar surface area (TPSA) is 61.4 Å². The maximum atomic E-state index is 12.9. The molecule has 0 bridgehead atoms. The van der Waals surface area contributed by atoms with Gasteiger partial charge >= 0.3 is 0 Å². The molecule has 0 atom stereocenters. The summed E-state index contributed by atoms with van der Waals surface area (Å²) in [5.74, 6) is -0.204. The number of benzene rings is 2. The molecule has 1 fully saturated rings. The number of hydrogen-bond acceptors (Lipinski definition) is 3. The van der Waals surface area contributed by atoms with Gasteiger partial charge in [0, 0.05) is 18.0 Å². The molecule has 2 aromatic rings. The number of rotatable bonds is 5. The van der Waals surface area contributed by atoms with Gasteiger partial charge in [0.05, 0.1) is 11.3 Å². The standard InChI is InChI=1S/C25H33N3O2/c1-18-8-7-9-19(16-18)17-28-14-12-20(13-15-28)23(29)26-22-11-6-5-10-21(22)24(30)27-25(2,3)4/h5-11,16,20H,12-15,17H2,1-4H3,(H,26,29)(H,27,30). The Balaban J connectivity index is 1.57. The zero-order valence-electron chi connectivity index (χ0n) is 18.5. The Morgan fingerprint density at radius 1 is 1.03 bits per heavy atom. The average Bonchev–Trinajstić information content (AvgIpc) is 2.67. The number of hydrogen-bond donors (Lipinski definition) is 2. The third-order valence-electron chi connectivity index (χ3n) is 5.37. The fourth-order valence-electron chi connectivity index (χ4n) is 3.85. The molecule has 1 aliphatic heterocycles. The second-order valence-corrected chi connectivity index (χ2v) is 9.28. The van der Waals surface area contributed by atoms with Gasteiger partial charge in [-0.15, -0.1) is 0 Å². The van der Waals surface area contributed by atoms with Gasteiger partial charge in [-0.3, -0.25) is 14.5 Å². The van der Waals surface area contributed by atoms with Crippen molar-refractivity contribution in [3.63, 3.8) is 0 Å². The summed E-state index contributed by atoms with van der Waals surface area (Å²) < 4.78 is 0. The predicted octanol–water partition coefficient (Wildman–Crippen LogP) is 4.37. The van der Waals surface area contributed by atoms with Gasteiger partial charge in [0.1, 0.15) is 0 Å². The van der Waals surface area contributed by atoms with Crippen molar-refractivity contribution in [2.24, 2.45) is 5.92 Å². The molecule has 0 radical (unpaired) electrons. The minimum atomic E-state index is -0.335. The molecule has 2 aromatic carbocycles. The summed E-state index contributed by atoms with van der Waals surface area (Å²) >= 11 is 0. The van der Waals surface area contributed by atoms with Crippen LogP contribution >= 0.6 is 0 Å². The van der Waals surface area contributed by atoms with Crippen molar-refractivity contribution in [1.82, 2.24) is 10.2 Å². The van der Waals surface area contributed by atoms with Gasteiger partial charge in [-0.05, 0) is 71.3 Å². The smallest absolute Gasteiger partial charge is 0.253 e. The molecule has 2 amide bonds. The monoisotopic (exact) mass is 407 g/mol. The van der Waals surface area contributed by atoms with Crippen molar-refractivity contribution >= 4 is 17.5 Å². The Labute approximate surface area is 179 Å². The van der Waals surface area contributed by atoms with E-state index in [0.717, 1.165) is 32.5 Å². The van der Waals surface area contributed by atoms with Crippen LogP contribution < -0.4 is 10.6 Å². The molecule has 0 aromatic heterocycles. The Morgan fingerprint density at radius 3 is 2.40 bits per heavy atom. The van der Waals surface area contributed by atoms with Crippen LogP contribution in [-0.2, 0) is 11.3 Å². The number of piperidine rings is 1. The Morgan fingerprint density at radius 2 is 1.73 bits per heavy atom. The number of amides is 2. The van der Waals surface area contributed by atoms with Gasteiger partial charge in [-0.1, -0.05) is 42.0 Å². The molecule has 1 aliphatic rings. The van der Waals surface area contributed by atoms with E-state index in [-0.39, 0.29) is 23.3 Å². The number of nitrogens with zero attached hydrogens (tertiary/aromatic N) is 1. The predicted molar refractivity (Wildman–Crippen MR) is 121 cm³/mol. The van der Waals surface area contributed by atoms with Crippen LogP contribution in [0.1, 0.15) is 55.1 Å². The Bertz CT molecular complexity index is 893. The first kappa shape index (κ1) is 22.0. The fourth-order valence-corrected chi connectivity index (χ4v) is 3.85. The van der Waals surface area contributed by atoms with Crippen LogP contribution in [0.4, 0.5) is 5.69 Å². The highest BCUT2D eigenvalue weighted by Gasteiger charge is 2.26. The summed E-state index contributed by atoms with van der Waals surface area (Å²) in [6.45, 7) is 10.7. The van der Waals surface area contributed by atoms with E-state index in [0.29, 0.717) is 11.3 Å². The number of carbonyl (C=O) groups is 2. The maximum absolute atomic E-state index is 12.9. The van der Waals surface area contributed by atoms with E-state index in [1.54, 1.807) is 12.1 Å². The summed E-state index contributed by atoms with van der Waals surface area (Å²) in [7, 11) is 0. The second kappa shape index (κ2) is 9.43. The lowest BCUT2D eigenvalue weighted by molar-refractivity contribution is -0.121. The van der Waals surface area contributed by atoms with E-state index in [1.807, 2.05) is 32.9 Å². The molecule has 30 heavy (non-hydrogen) atoms. The molecule has 1 saturated heterocycles. The highest BCUT2D eigenvalue weighted by Crippen LogP contribution is 2.23. The van der Waals surface area contributed by atoms with E-state index < -0.39 is 0 Å². The van der Waals surface area contributed by atoms with Crippen LogP contribution in [0.25, 0.3) is 0 Å². The van der Waals surface area contributed by atoms with Gasteiger partial charge in [-0.2, -0.15) is 0 Å². The fraction of sp³-hybridized carbons (Fsp3) is 0.440. The minimum Gasteiger partial charge on any atom is -0.347 e. The Kier molecular flexibility index (Phi) is 6.93. The second-order valence-electron chi connectivity index (χ2n) is 9.28. The highest BCUT2D eigenvalue weighted by atomic mass is 16.2. The zero-order chi connectivity index (χ0) is 21.7. The average molecular weight is 408 g/mol. The maximum Gasteiger partial charge on any atom is 0.253 e. The molecular formula is C25H33N3O2. The normalized spacial score (nSPS) is 15.6. The highest BCUT2D eigenvalue weighted by molar-refractivity contribution is 6.04. The number of para-hydroxylation sites is 1. The first-order valence-electron chi connectivity index (χ1n) is 10.7. The number of carbonyl (C=O) groups excluding carboxylic acids is 2. The molecule has 2 N–H and O–H groups in total. The van der Waals surface area contributed by atoms with Crippen molar-refractivity contribution in [3.8, 4) is 0 Å². The van der Waals surface area contributed by atoms with Gasteiger partial charge in [0.25, 0.3) is 5.91 Å². The molecule has 0 saturated carbocycles. The van der Waals surface area contributed by atoms with E-state index in [2.05, 4.69) is 46.7 Å². The molecule has 0 spiro atoms. The molecular weight excluding hydrogens is 374 g/mol. The number of likely N-dealkylation sites (tertiary alicyclic amines) is 1. The van der Waals surface area contributed by atoms with Gasteiger partial charge < -0.3 is 10.6 Å². The summed E-state index contributed by atoms with van der Waals surface area (Å²) in [6.07, 6.45) is 1.65. The van der Waals surface area contributed by atoms with Crippen molar-refractivity contribution in [3.05, 3.63) is 65.2 Å². The van der Waals surface area contributed by atoms with Gasteiger partial charge in [0.15, 0.2) is 0 Å². The van der Waals surface area contributed by atoms with Crippen LogP contribution in [-0.4, -0.2) is 35.3 Å². The zero-order valence-corrected chi connectivity index (χ0v) is 18.5. The van der Waals surface area contributed by atoms with Crippen molar-refractivity contribution in [1.29, 1.82) is 0 Å². The third kappa shape index (κ3) is 6.17. The number of nitrogens with one attached hydrogen (secondary N) is 2. The molecule has 160 valence electrons. The lowest BCUT2D eigenvalue weighted by atomic mass is 9.95. The van der Waals surface area contributed by atoms with Crippen LogP contribution in [0.5, 0.6) is 0 Å². The van der Waals surface area contributed by atoms with E-state index >= 15 is 0 Å². The summed E-state index contributed by atoms with van der Waals surface area (Å²) in [6, 6.07) is 15.8. The summed E-state index contributed by atoms with van der Waals surface area (Å²) in [4.78, 5) is 27.9.